The third-order valence-electron chi connectivity index (χ3n) is 8.11. The molecule has 2 heteroatoms. The van der Waals surface area contributed by atoms with Crippen LogP contribution in [0.2, 0.25) is 13.1 Å². The van der Waals surface area contributed by atoms with Crippen LogP contribution in [-0.2, 0) is 23.2 Å². The molecule has 2 atom stereocenters. The van der Waals surface area contributed by atoms with E-state index in [1.165, 1.54) is 22.3 Å². The zero-order chi connectivity index (χ0) is 22.9. The first-order chi connectivity index (χ1) is 16.6. The molecule has 0 saturated carbocycles. The van der Waals surface area contributed by atoms with Gasteiger partial charge in [-0.15, -0.1) is 0 Å². The number of hydrogen-bond acceptors (Lipinski definition) is 0. The minimum atomic E-state index is -1.98. The average molecular weight is 530 g/mol. The molecule has 1 heterocycles. The molecule has 3 aliphatic rings. The Balaban J connectivity index is 1.57. The van der Waals surface area contributed by atoms with Crippen molar-refractivity contribution in [2.75, 3.05) is 0 Å². The summed E-state index contributed by atoms with van der Waals surface area (Å²) in [4.78, 5) is 0. The molecule has 0 saturated heterocycles. The standard InChI is InChI=1S/C32H26Si.Zr/c1-33(2,29-21-25-17-9-11-19-27(25)31(29)23-13-5-3-6-14-23)30-22-26-18-10-12-20-28(26)32(30)24-15-7-4-8-16-24;/h3-13,15,17-22,31-32H,1-2H3;. The van der Waals surface area contributed by atoms with Crippen molar-refractivity contribution in [1.29, 1.82) is 0 Å². The van der Waals surface area contributed by atoms with Crippen LogP contribution in [-0.4, -0.2) is 8.07 Å². The Labute approximate surface area is 214 Å². The van der Waals surface area contributed by atoms with Crippen LogP contribution >= 0.6 is 0 Å². The second-order valence-corrected chi connectivity index (χ2v) is 17.9. The molecular formula is C32H26SiZr. The molecule has 0 radical (unpaired) electrons. The quantitative estimate of drug-likeness (QED) is 0.226. The molecule has 162 valence electrons. The topological polar surface area (TPSA) is 0 Å². The molecule has 2 unspecified atom stereocenters. The van der Waals surface area contributed by atoms with Gasteiger partial charge in [0.1, 0.15) is 0 Å². The van der Waals surface area contributed by atoms with E-state index in [0.29, 0.717) is 11.8 Å². The van der Waals surface area contributed by atoms with E-state index < -0.39 is 31.3 Å². The van der Waals surface area contributed by atoms with Gasteiger partial charge in [-0.25, -0.2) is 0 Å². The molecule has 4 aromatic carbocycles. The first-order valence-electron chi connectivity index (χ1n) is 12.2. The Bertz CT molecular complexity index is 1410. The molecule has 0 fully saturated rings. The van der Waals surface area contributed by atoms with Crippen molar-refractivity contribution < 1.29 is 23.2 Å². The van der Waals surface area contributed by atoms with Crippen LogP contribution in [0.4, 0.5) is 0 Å². The number of hydrogen-bond donors (Lipinski definition) is 0. The van der Waals surface area contributed by atoms with E-state index in [-0.39, 0.29) is 0 Å². The second kappa shape index (κ2) is 7.74. The minimum absolute atomic E-state index is 0.394. The van der Waals surface area contributed by atoms with Gasteiger partial charge in [-0.2, -0.15) is 0 Å². The van der Waals surface area contributed by atoms with Crippen molar-refractivity contribution in [1.82, 2.24) is 0 Å². The summed E-state index contributed by atoms with van der Waals surface area (Å²) in [6.45, 7) is 5.21. The molecule has 0 spiro atoms. The fourth-order valence-electron chi connectivity index (χ4n) is 6.44. The van der Waals surface area contributed by atoms with E-state index >= 15 is 0 Å². The molecule has 34 heavy (non-hydrogen) atoms. The summed E-state index contributed by atoms with van der Waals surface area (Å²) in [6.07, 6.45) is 5.14. The third kappa shape index (κ3) is 2.98. The number of benzene rings is 4. The predicted molar refractivity (Wildman–Crippen MR) is 142 cm³/mol. The fraction of sp³-hybridized carbons (Fsp3) is 0.125. The van der Waals surface area contributed by atoms with E-state index in [9.17, 15) is 0 Å². The monoisotopic (exact) mass is 528 g/mol. The van der Waals surface area contributed by atoms with Crippen LogP contribution in [0.15, 0.2) is 107 Å². The van der Waals surface area contributed by atoms with Gasteiger partial charge in [0.25, 0.3) is 0 Å². The zero-order valence-corrected chi connectivity index (χ0v) is 23.0. The van der Waals surface area contributed by atoms with E-state index in [1.807, 2.05) is 0 Å². The van der Waals surface area contributed by atoms with E-state index in [4.69, 9.17) is 0 Å². The molecule has 0 bridgehead atoms. The van der Waals surface area contributed by atoms with Gasteiger partial charge in [0.2, 0.25) is 0 Å². The summed E-state index contributed by atoms with van der Waals surface area (Å²) in [6, 6.07) is 37.1. The Kier molecular flexibility index (Phi) is 4.73. The molecular weight excluding hydrogens is 504 g/mol. The van der Waals surface area contributed by atoms with Crippen LogP contribution in [0.25, 0.3) is 12.2 Å². The number of allylic oxidation sites excluding steroid dienone is 2. The van der Waals surface area contributed by atoms with Crippen LogP contribution in [0, 0.1) is 0 Å². The van der Waals surface area contributed by atoms with Crippen molar-refractivity contribution in [3.8, 4) is 0 Å². The molecule has 0 N–H and O–H groups in total. The van der Waals surface area contributed by atoms with E-state index in [0.717, 1.165) is 0 Å². The van der Waals surface area contributed by atoms with Gasteiger partial charge in [0.15, 0.2) is 0 Å². The van der Waals surface area contributed by atoms with E-state index in [1.54, 1.807) is 28.1 Å². The summed E-state index contributed by atoms with van der Waals surface area (Å²) in [5.41, 5.74) is 8.99. The van der Waals surface area contributed by atoms with Crippen molar-refractivity contribution in [3.05, 3.63) is 141 Å². The van der Waals surface area contributed by atoms with Gasteiger partial charge in [0.05, 0.1) is 0 Å². The first-order valence-corrected chi connectivity index (χ1v) is 17.7. The summed E-state index contributed by atoms with van der Waals surface area (Å²) in [5, 5.41) is 3.37. The number of fused-ring (bicyclic) bond motifs is 10. The maximum absolute atomic E-state index is 2.61. The summed E-state index contributed by atoms with van der Waals surface area (Å²) in [7, 11) is -1.98. The van der Waals surface area contributed by atoms with Gasteiger partial charge < -0.3 is 0 Å². The summed E-state index contributed by atoms with van der Waals surface area (Å²) in [5.74, 6) is 0.788. The Morgan fingerprint density at radius 3 is 1.35 bits per heavy atom. The summed E-state index contributed by atoms with van der Waals surface area (Å²) >= 11 is -0.999. The molecule has 0 aromatic heterocycles. The van der Waals surface area contributed by atoms with Crippen LogP contribution in [0.3, 0.4) is 0 Å². The molecule has 0 nitrogen and oxygen atoms in total. The van der Waals surface area contributed by atoms with Gasteiger partial charge >= 0.3 is 216 Å². The van der Waals surface area contributed by atoms with Crippen LogP contribution in [0.1, 0.15) is 45.2 Å². The molecule has 1 aliphatic heterocycles. The molecule has 7 rings (SSSR count). The number of rotatable bonds is 0. The fourth-order valence-corrected chi connectivity index (χ4v) is 13.3. The predicted octanol–water partition coefficient (Wildman–Crippen LogP) is 6.58. The van der Waals surface area contributed by atoms with Gasteiger partial charge in [-0.05, 0) is 0 Å². The third-order valence-corrected chi connectivity index (χ3v) is 15.4. The van der Waals surface area contributed by atoms with Gasteiger partial charge in [0, 0.05) is 0 Å². The molecule has 4 aromatic rings. The zero-order valence-electron chi connectivity index (χ0n) is 19.5. The average Bonchev–Trinajstić information content (AvgIpc) is 3.45. The SMILES string of the molecule is C[Si]1(C)C2=Cc3ccccc3C2c2cccc[c]2[Zr][c]2ccccc2C2C1=Cc1ccccc12. The molecule has 0 amide bonds. The first kappa shape index (κ1) is 20.8. The Hall–Kier alpha value is -2.54. The second-order valence-electron chi connectivity index (χ2n) is 10.2. The van der Waals surface area contributed by atoms with Crippen molar-refractivity contribution in [2.45, 2.75) is 24.9 Å². The molecule has 2 aliphatic carbocycles. The maximum atomic E-state index is 2.61. The Morgan fingerprint density at radius 1 is 0.500 bits per heavy atom. The van der Waals surface area contributed by atoms with Crippen molar-refractivity contribution in [3.63, 3.8) is 0 Å². The van der Waals surface area contributed by atoms with Crippen molar-refractivity contribution in [2.24, 2.45) is 0 Å². The van der Waals surface area contributed by atoms with Gasteiger partial charge in [-0.3, -0.25) is 0 Å². The summed E-state index contributed by atoms with van der Waals surface area (Å²) < 4.78 is 3.27. The van der Waals surface area contributed by atoms with Crippen LogP contribution in [0.5, 0.6) is 0 Å². The van der Waals surface area contributed by atoms with Gasteiger partial charge in [-0.1, -0.05) is 0 Å². The van der Waals surface area contributed by atoms with Crippen LogP contribution < -0.4 is 6.54 Å². The van der Waals surface area contributed by atoms with Crippen molar-refractivity contribution >= 4 is 26.8 Å². The van der Waals surface area contributed by atoms with E-state index in [2.05, 4.69) is 122 Å². The Morgan fingerprint density at radius 2 is 0.882 bits per heavy atom. The normalized spacial score (nSPS) is 20.9.